The Bertz CT molecular complexity index is 677. The number of hydrogen-bond donors (Lipinski definition) is 1. The molecule has 0 bridgehead atoms. The van der Waals surface area contributed by atoms with Crippen LogP contribution >= 0.6 is 11.6 Å². The number of carbonyl (C=O) groups excluding carboxylic acids is 1. The van der Waals surface area contributed by atoms with E-state index in [1.54, 1.807) is 0 Å². The molecule has 4 nitrogen and oxygen atoms in total. The summed E-state index contributed by atoms with van der Waals surface area (Å²) >= 11 is 5.79. The van der Waals surface area contributed by atoms with Crippen molar-refractivity contribution in [2.75, 3.05) is 0 Å². The Labute approximate surface area is 135 Å². The molecule has 1 heterocycles. The molecule has 2 atom stereocenters. The number of alkyl halides is 3. The summed E-state index contributed by atoms with van der Waals surface area (Å²) in [5, 5.41) is 14.6. The number of fused-ring (bicyclic) bond motifs is 1. The van der Waals surface area contributed by atoms with Crippen LogP contribution in [0, 0.1) is 5.92 Å². The number of carbonyl (C=O) groups is 1. The minimum Gasteiger partial charge on any atom is -0.362 e. The summed E-state index contributed by atoms with van der Waals surface area (Å²) in [4.78, 5) is 12.5. The van der Waals surface area contributed by atoms with Gasteiger partial charge in [0.15, 0.2) is 0 Å². The Morgan fingerprint density at radius 2 is 2.13 bits per heavy atom. The molecule has 2 aliphatic rings. The molecule has 1 saturated carbocycles. The lowest BCUT2D eigenvalue weighted by molar-refractivity contribution is -0.312. The molecular formula is C15H14ClF3N2O2. The number of hydrazone groups is 1. The van der Waals surface area contributed by atoms with Gasteiger partial charge in [0.1, 0.15) is 0 Å². The molecule has 0 radical (unpaired) electrons. The number of amides is 1. The van der Waals surface area contributed by atoms with Crippen LogP contribution in [0.1, 0.15) is 36.0 Å². The lowest BCUT2D eigenvalue weighted by Crippen LogP contribution is -2.61. The fourth-order valence-electron chi connectivity index (χ4n) is 3.16. The first kappa shape index (κ1) is 16.3. The van der Waals surface area contributed by atoms with Gasteiger partial charge < -0.3 is 5.11 Å². The quantitative estimate of drug-likeness (QED) is 0.844. The van der Waals surface area contributed by atoms with Gasteiger partial charge in [-0.05, 0) is 37.5 Å². The van der Waals surface area contributed by atoms with E-state index in [2.05, 4.69) is 5.10 Å². The molecule has 1 aromatic carbocycles. The fraction of sp³-hybridized carbons (Fsp3) is 0.467. The number of rotatable bonds is 1. The molecule has 0 saturated heterocycles. The minimum atomic E-state index is -5.01. The predicted octanol–water partition coefficient (Wildman–Crippen LogP) is 3.59. The first-order valence-electron chi connectivity index (χ1n) is 7.21. The first-order chi connectivity index (χ1) is 10.7. The number of halogens is 4. The molecule has 0 aromatic heterocycles. The third-order valence-corrected chi connectivity index (χ3v) is 4.53. The summed E-state index contributed by atoms with van der Waals surface area (Å²) in [6.07, 6.45) is -3.26. The summed E-state index contributed by atoms with van der Waals surface area (Å²) in [5.74, 6) is -2.23. The van der Waals surface area contributed by atoms with Gasteiger partial charge in [0.2, 0.25) is 0 Å². The molecular weight excluding hydrogens is 333 g/mol. The van der Waals surface area contributed by atoms with Crippen molar-refractivity contribution >= 4 is 23.2 Å². The van der Waals surface area contributed by atoms with Crippen LogP contribution in [-0.2, 0) is 0 Å². The molecule has 8 heteroatoms. The zero-order chi connectivity index (χ0) is 16.8. The molecule has 3 rings (SSSR count). The van der Waals surface area contributed by atoms with Crippen molar-refractivity contribution in [3.8, 4) is 0 Å². The van der Waals surface area contributed by atoms with Crippen molar-refractivity contribution in [2.45, 2.75) is 37.6 Å². The highest BCUT2D eigenvalue weighted by atomic mass is 35.5. The Morgan fingerprint density at radius 1 is 1.39 bits per heavy atom. The van der Waals surface area contributed by atoms with E-state index >= 15 is 0 Å². The molecule has 23 heavy (non-hydrogen) atoms. The number of nitrogens with zero attached hydrogens (tertiary/aromatic N) is 2. The minimum absolute atomic E-state index is 0.0526. The van der Waals surface area contributed by atoms with E-state index < -0.39 is 23.7 Å². The number of benzene rings is 1. The van der Waals surface area contributed by atoms with Gasteiger partial charge in [0.25, 0.3) is 11.6 Å². The molecule has 1 aromatic rings. The largest absolute Gasteiger partial charge is 0.439 e. The van der Waals surface area contributed by atoms with Crippen LogP contribution < -0.4 is 0 Å². The van der Waals surface area contributed by atoms with Crippen LogP contribution in [-0.4, -0.2) is 33.6 Å². The van der Waals surface area contributed by atoms with Crippen molar-refractivity contribution in [1.29, 1.82) is 0 Å². The molecule has 0 spiro atoms. The third-order valence-electron chi connectivity index (χ3n) is 4.30. The average Bonchev–Trinajstić information content (AvgIpc) is 2.81. The van der Waals surface area contributed by atoms with Crippen molar-refractivity contribution in [3.05, 3.63) is 34.9 Å². The van der Waals surface area contributed by atoms with Crippen molar-refractivity contribution in [3.63, 3.8) is 0 Å². The highest BCUT2D eigenvalue weighted by Crippen LogP contribution is 2.48. The summed E-state index contributed by atoms with van der Waals surface area (Å²) in [5.41, 5.74) is -3.13. The van der Waals surface area contributed by atoms with Crippen LogP contribution in [0.4, 0.5) is 13.2 Å². The van der Waals surface area contributed by atoms with Gasteiger partial charge in [-0.1, -0.05) is 24.1 Å². The predicted molar refractivity (Wildman–Crippen MR) is 78.0 cm³/mol. The van der Waals surface area contributed by atoms with E-state index in [0.717, 1.165) is 0 Å². The molecule has 1 aliphatic carbocycles. The second kappa shape index (κ2) is 5.49. The molecule has 1 N–H and O–H groups in total. The van der Waals surface area contributed by atoms with Gasteiger partial charge in [-0.25, -0.2) is 0 Å². The zero-order valence-corrected chi connectivity index (χ0v) is 12.7. The normalized spacial score (nSPS) is 27.6. The average molecular weight is 347 g/mol. The Hall–Kier alpha value is -1.60. The Kier molecular flexibility index (Phi) is 3.88. The molecule has 1 fully saturated rings. The van der Waals surface area contributed by atoms with Crippen LogP contribution in [0.2, 0.25) is 5.02 Å². The van der Waals surface area contributed by atoms with E-state index in [9.17, 15) is 23.1 Å². The lowest BCUT2D eigenvalue weighted by atomic mass is 9.80. The van der Waals surface area contributed by atoms with E-state index in [4.69, 9.17) is 11.6 Å². The van der Waals surface area contributed by atoms with Gasteiger partial charge in [-0.3, -0.25) is 4.79 Å². The molecule has 124 valence electrons. The highest BCUT2D eigenvalue weighted by Gasteiger charge is 2.68. The fourth-order valence-corrected chi connectivity index (χ4v) is 3.35. The number of hydrogen-bond acceptors (Lipinski definition) is 3. The maximum atomic E-state index is 13.6. The van der Waals surface area contributed by atoms with E-state index in [1.165, 1.54) is 24.3 Å². The maximum absolute atomic E-state index is 13.6. The number of aliphatic hydroxyl groups is 1. The van der Waals surface area contributed by atoms with E-state index in [1.807, 2.05) is 0 Å². The SMILES string of the molecule is O=C(c1cccc(Cl)c1)N1N=C2CCCC[C@@H]2[C@@]1(O)C(F)(F)F. The van der Waals surface area contributed by atoms with Gasteiger partial charge in [0, 0.05) is 16.3 Å². The van der Waals surface area contributed by atoms with Gasteiger partial charge in [0.05, 0.1) is 5.92 Å². The van der Waals surface area contributed by atoms with Crippen LogP contribution in [0.3, 0.4) is 0 Å². The maximum Gasteiger partial charge on any atom is 0.439 e. The topological polar surface area (TPSA) is 52.9 Å². The van der Waals surface area contributed by atoms with Crippen LogP contribution in [0.5, 0.6) is 0 Å². The Balaban J connectivity index is 2.05. The summed E-state index contributed by atoms with van der Waals surface area (Å²) in [6, 6.07) is 5.55. The summed E-state index contributed by atoms with van der Waals surface area (Å²) in [7, 11) is 0. The zero-order valence-electron chi connectivity index (χ0n) is 12.0. The second-order valence-electron chi connectivity index (χ2n) is 5.74. The van der Waals surface area contributed by atoms with Gasteiger partial charge in [-0.15, -0.1) is 0 Å². The first-order valence-corrected chi connectivity index (χ1v) is 7.59. The molecule has 0 unspecified atom stereocenters. The molecule has 1 aliphatic heterocycles. The van der Waals surface area contributed by atoms with Crippen molar-refractivity contribution in [1.82, 2.24) is 5.01 Å². The van der Waals surface area contributed by atoms with Crippen LogP contribution in [0.15, 0.2) is 29.4 Å². The monoisotopic (exact) mass is 346 g/mol. The lowest BCUT2D eigenvalue weighted by Gasteiger charge is -2.38. The van der Waals surface area contributed by atoms with Gasteiger partial charge >= 0.3 is 6.18 Å². The van der Waals surface area contributed by atoms with Crippen molar-refractivity contribution in [2.24, 2.45) is 11.0 Å². The summed E-state index contributed by atoms with van der Waals surface area (Å²) in [6.45, 7) is 0. The third kappa shape index (κ3) is 2.52. The van der Waals surface area contributed by atoms with Gasteiger partial charge in [-0.2, -0.15) is 23.3 Å². The summed E-state index contributed by atoms with van der Waals surface area (Å²) < 4.78 is 40.7. The van der Waals surface area contributed by atoms with Crippen molar-refractivity contribution < 1.29 is 23.1 Å². The standard InChI is InChI=1S/C15H14ClF3N2O2/c16-10-5-3-4-9(8-10)13(22)21-14(23,15(17,18)19)11-6-1-2-7-12(11)20-21/h3-5,8,11,23H,1-2,6-7H2/t11-,14+/m0/s1. The Morgan fingerprint density at radius 3 is 2.78 bits per heavy atom. The smallest absolute Gasteiger partial charge is 0.362 e. The molecule has 1 amide bonds. The highest BCUT2D eigenvalue weighted by molar-refractivity contribution is 6.31. The van der Waals surface area contributed by atoms with E-state index in [0.29, 0.717) is 19.3 Å². The second-order valence-corrected chi connectivity index (χ2v) is 6.18. The van der Waals surface area contributed by atoms with E-state index in [-0.39, 0.29) is 27.7 Å². The van der Waals surface area contributed by atoms with Crippen LogP contribution in [0.25, 0.3) is 0 Å².